The summed E-state index contributed by atoms with van der Waals surface area (Å²) in [6.45, 7) is 2.82. The first-order chi connectivity index (χ1) is 11.8. The Labute approximate surface area is 144 Å². The van der Waals surface area contributed by atoms with Gasteiger partial charge in [-0.3, -0.25) is 4.99 Å². The summed E-state index contributed by atoms with van der Waals surface area (Å²) in [4.78, 5) is 4.48. The summed E-state index contributed by atoms with van der Waals surface area (Å²) in [6.07, 6.45) is 18.2. The van der Waals surface area contributed by atoms with E-state index in [1.54, 1.807) is 14.2 Å². The standard InChI is InChI=1S/C21H23NO2/c1-4-22-20-13-9-8-11-17(20)10-6-5-7-12-18-14-15-19(23-2)16-21(18)24-3/h5-16H,4H2,1-3H3/b6-5+,12-7+,17-10-,22-20?. The van der Waals surface area contributed by atoms with Crippen LogP contribution < -0.4 is 9.47 Å². The van der Waals surface area contributed by atoms with Crippen LogP contribution in [0.15, 0.2) is 77.4 Å². The number of benzene rings is 1. The summed E-state index contributed by atoms with van der Waals surface area (Å²) >= 11 is 0. The molecule has 0 spiro atoms. The maximum Gasteiger partial charge on any atom is 0.129 e. The van der Waals surface area contributed by atoms with E-state index in [1.807, 2.05) is 67.7 Å². The van der Waals surface area contributed by atoms with Crippen LogP contribution in [0.1, 0.15) is 12.5 Å². The Morgan fingerprint density at radius 3 is 2.58 bits per heavy atom. The lowest BCUT2D eigenvalue weighted by Crippen LogP contribution is -2.00. The van der Waals surface area contributed by atoms with E-state index in [-0.39, 0.29) is 0 Å². The largest absolute Gasteiger partial charge is 0.497 e. The molecule has 0 amide bonds. The number of methoxy groups -OCH3 is 2. The maximum absolute atomic E-state index is 5.38. The van der Waals surface area contributed by atoms with Gasteiger partial charge in [0.1, 0.15) is 11.5 Å². The Kier molecular flexibility index (Phi) is 6.84. The second kappa shape index (κ2) is 9.36. The minimum absolute atomic E-state index is 0.782. The third kappa shape index (κ3) is 4.85. The van der Waals surface area contributed by atoms with E-state index in [9.17, 15) is 0 Å². The highest BCUT2D eigenvalue weighted by Crippen LogP contribution is 2.25. The molecular weight excluding hydrogens is 298 g/mol. The highest BCUT2D eigenvalue weighted by atomic mass is 16.5. The lowest BCUT2D eigenvalue weighted by Gasteiger charge is -2.06. The van der Waals surface area contributed by atoms with Crippen molar-refractivity contribution in [2.45, 2.75) is 6.92 Å². The molecule has 1 aliphatic rings. The Balaban J connectivity index is 2.07. The average molecular weight is 321 g/mol. The molecule has 1 aromatic carbocycles. The molecule has 0 saturated carbocycles. The van der Waals surface area contributed by atoms with Crippen LogP contribution in [0.2, 0.25) is 0 Å². The van der Waals surface area contributed by atoms with Gasteiger partial charge in [-0.1, -0.05) is 48.6 Å². The molecule has 1 aliphatic carbocycles. The van der Waals surface area contributed by atoms with Gasteiger partial charge in [0.15, 0.2) is 0 Å². The summed E-state index contributed by atoms with van der Waals surface area (Å²) < 4.78 is 10.6. The minimum Gasteiger partial charge on any atom is -0.497 e. The lowest BCUT2D eigenvalue weighted by molar-refractivity contribution is 0.394. The molecule has 24 heavy (non-hydrogen) atoms. The third-order valence-electron chi connectivity index (χ3n) is 3.48. The molecule has 0 fully saturated rings. The van der Waals surface area contributed by atoms with Crippen LogP contribution in [0.5, 0.6) is 11.5 Å². The second-order valence-corrected chi connectivity index (χ2v) is 5.05. The van der Waals surface area contributed by atoms with Gasteiger partial charge in [0.25, 0.3) is 0 Å². The van der Waals surface area contributed by atoms with Gasteiger partial charge in [-0.25, -0.2) is 0 Å². The van der Waals surface area contributed by atoms with Crippen LogP contribution in [-0.4, -0.2) is 26.5 Å². The predicted octanol–water partition coefficient (Wildman–Crippen LogP) is 4.79. The van der Waals surface area contributed by atoms with Crippen molar-refractivity contribution in [2.24, 2.45) is 4.99 Å². The molecule has 3 nitrogen and oxygen atoms in total. The zero-order valence-electron chi connectivity index (χ0n) is 14.4. The molecule has 0 atom stereocenters. The molecule has 0 N–H and O–H groups in total. The average Bonchev–Trinajstić information content (AvgIpc) is 2.63. The first-order valence-electron chi connectivity index (χ1n) is 7.95. The lowest BCUT2D eigenvalue weighted by atomic mass is 10.0. The van der Waals surface area contributed by atoms with Crippen LogP contribution in [0.25, 0.3) is 6.08 Å². The molecule has 124 valence electrons. The van der Waals surface area contributed by atoms with Gasteiger partial charge in [-0.15, -0.1) is 0 Å². The maximum atomic E-state index is 5.38. The van der Waals surface area contributed by atoms with Crippen molar-refractivity contribution in [3.8, 4) is 11.5 Å². The van der Waals surface area contributed by atoms with Crippen LogP contribution >= 0.6 is 0 Å². The summed E-state index contributed by atoms with van der Waals surface area (Å²) in [5.74, 6) is 1.57. The summed E-state index contributed by atoms with van der Waals surface area (Å²) in [5, 5.41) is 0. The van der Waals surface area contributed by atoms with E-state index in [4.69, 9.17) is 9.47 Å². The zero-order chi connectivity index (χ0) is 17.2. The predicted molar refractivity (Wildman–Crippen MR) is 102 cm³/mol. The fraction of sp³-hybridized carbons (Fsp3) is 0.190. The summed E-state index contributed by atoms with van der Waals surface area (Å²) in [6, 6.07) is 5.76. The van der Waals surface area contributed by atoms with Gasteiger partial charge in [0, 0.05) is 18.2 Å². The number of hydrogen-bond acceptors (Lipinski definition) is 3. The Morgan fingerprint density at radius 1 is 1.00 bits per heavy atom. The monoisotopic (exact) mass is 321 g/mol. The first kappa shape index (κ1) is 17.5. The molecular formula is C21H23NO2. The fourth-order valence-electron chi connectivity index (χ4n) is 2.28. The van der Waals surface area contributed by atoms with E-state index in [1.165, 1.54) is 0 Å². The Bertz CT molecular complexity index is 734. The molecule has 0 unspecified atom stereocenters. The minimum atomic E-state index is 0.782. The highest BCUT2D eigenvalue weighted by molar-refractivity contribution is 6.11. The highest BCUT2D eigenvalue weighted by Gasteiger charge is 2.02. The first-order valence-corrected chi connectivity index (χ1v) is 7.95. The molecule has 0 bridgehead atoms. The molecule has 1 aromatic rings. The van der Waals surface area contributed by atoms with Crippen molar-refractivity contribution in [2.75, 3.05) is 20.8 Å². The van der Waals surface area contributed by atoms with E-state index in [0.29, 0.717) is 0 Å². The summed E-state index contributed by atoms with van der Waals surface area (Å²) in [7, 11) is 3.30. The van der Waals surface area contributed by atoms with E-state index in [0.717, 1.165) is 34.9 Å². The van der Waals surface area contributed by atoms with Gasteiger partial charge in [0.2, 0.25) is 0 Å². The van der Waals surface area contributed by atoms with Crippen molar-refractivity contribution >= 4 is 11.8 Å². The SMILES string of the molecule is CCN=C1C=CC=C/C1=C/C=C/C=C/c1ccc(OC)cc1OC. The second-order valence-electron chi connectivity index (χ2n) is 5.05. The molecule has 3 heteroatoms. The van der Waals surface area contributed by atoms with Crippen molar-refractivity contribution < 1.29 is 9.47 Å². The van der Waals surface area contributed by atoms with Crippen molar-refractivity contribution in [3.05, 3.63) is 77.9 Å². The van der Waals surface area contributed by atoms with Crippen LogP contribution in [-0.2, 0) is 0 Å². The normalized spacial score (nSPS) is 17.5. The van der Waals surface area contributed by atoms with Gasteiger partial charge in [-0.05, 0) is 30.7 Å². The number of aliphatic imine (C=N–C) groups is 1. The zero-order valence-corrected chi connectivity index (χ0v) is 14.4. The van der Waals surface area contributed by atoms with Crippen LogP contribution in [0.4, 0.5) is 0 Å². The quantitative estimate of drug-likeness (QED) is 0.706. The molecule has 0 saturated heterocycles. The third-order valence-corrected chi connectivity index (χ3v) is 3.48. The van der Waals surface area contributed by atoms with Crippen molar-refractivity contribution in [1.29, 1.82) is 0 Å². The van der Waals surface area contributed by atoms with Gasteiger partial charge >= 0.3 is 0 Å². The number of ether oxygens (including phenoxy) is 2. The van der Waals surface area contributed by atoms with Crippen LogP contribution in [0.3, 0.4) is 0 Å². The van der Waals surface area contributed by atoms with Crippen molar-refractivity contribution in [1.82, 2.24) is 0 Å². The fourth-order valence-corrected chi connectivity index (χ4v) is 2.28. The smallest absolute Gasteiger partial charge is 0.129 e. The Hall–Kier alpha value is -2.81. The number of hydrogen-bond donors (Lipinski definition) is 0. The van der Waals surface area contributed by atoms with E-state index in [2.05, 4.69) is 17.1 Å². The molecule has 0 aliphatic heterocycles. The van der Waals surface area contributed by atoms with E-state index < -0.39 is 0 Å². The topological polar surface area (TPSA) is 30.8 Å². The number of rotatable bonds is 6. The van der Waals surface area contributed by atoms with E-state index >= 15 is 0 Å². The number of nitrogens with zero attached hydrogens (tertiary/aromatic N) is 1. The van der Waals surface area contributed by atoms with Crippen molar-refractivity contribution in [3.63, 3.8) is 0 Å². The Morgan fingerprint density at radius 2 is 1.83 bits per heavy atom. The number of allylic oxidation sites excluding steroid dienone is 9. The molecule has 0 aromatic heterocycles. The van der Waals surface area contributed by atoms with Gasteiger partial charge < -0.3 is 9.47 Å². The molecule has 2 rings (SSSR count). The van der Waals surface area contributed by atoms with Gasteiger partial charge in [0.05, 0.1) is 19.9 Å². The van der Waals surface area contributed by atoms with Gasteiger partial charge in [-0.2, -0.15) is 0 Å². The molecule has 0 heterocycles. The summed E-state index contributed by atoms with van der Waals surface area (Å²) in [5.41, 5.74) is 3.14. The van der Waals surface area contributed by atoms with Crippen LogP contribution in [0, 0.1) is 0 Å². The molecule has 0 radical (unpaired) electrons.